The van der Waals surface area contributed by atoms with Crippen molar-refractivity contribution in [2.24, 2.45) is 11.8 Å². The molecule has 0 heterocycles. The summed E-state index contributed by atoms with van der Waals surface area (Å²) < 4.78 is 4.85. The van der Waals surface area contributed by atoms with Gasteiger partial charge < -0.3 is 25.2 Å². The maximum Gasteiger partial charge on any atom is 0.305 e. The molecule has 0 spiro atoms. The maximum atomic E-state index is 12.2. The lowest BCUT2D eigenvalue weighted by Gasteiger charge is -2.19. The Morgan fingerprint density at radius 1 is 1.17 bits per heavy atom. The van der Waals surface area contributed by atoms with Gasteiger partial charge in [-0.2, -0.15) is 0 Å². The Hall–Kier alpha value is -1.28. The van der Waals surface area contributed by atoms with Crippen LogP contribution in [0.1, 0.15) is 77.6 Å². The van der Waals surface area contributed by atoms with Gasteiger partial charge in [0.25, 0.3) is 0 Å². The number of carbonyl (C=O) groups excluding carboxylic acids is 2. The quantitative estimate of drug-likeness (QED) is 0.169. The highest BCUT2D eigenvalue weighted by Crippen LogP contribution is 2.34. The van der Waals surface area contributed by atoms with Gasteiger partial charge in [0.1, 0.15) is 18.5 Å². The third kappa shape index (κ3) is 10.7. The monoisotopic (exact) mass is 428 g/mol. The summed E-state index contributed by atoms with van der Waals surface area (Å²) >= 11 is 0. The number of aliphatic hydroxyl groups excluding tert-OH is 4. The van der Waals surface area contributed by atoms with Crippen LogP contribution in [0, 0.1) is 11.8 Å². The van der Waals surface area contributed by atoms with Gasteiger partial charge in [-0.1, -0.05) is 57.6 Å². The molecular weight excluding hydrogens is 388 g/mol. The zero-order valence-electron chi connectivity index (χ0n) is 18.2. The highest BCUT2D eigenvalue weighted by Gasteiger charge is 2.39. The zero-order valence-corrected chi connectivity index (χ0v) is 18.2. The second-order valence-electron chi connectivity index (χ2n) is 8.35. The molecule has 4 N–H and O–H groups in total. The van der Waals surface area contributed by atoms with Crippen LogP contribution in [0.5, 0.6) is 0 Å². The Morgan fingerprint density at radius 3 is 2.60 bits per heavy atom. The summed E-state index contributed by atoms with van der Waals surface area (Å²) in [6.07, 6.45) is 9.57. The van der Waals surface area contributed by atoms with E-state index in [1.54, 1.807) is 12.2 Å². The topological polar surface area (TPSA) is 124 Å². The van der Waals surface area contributed by atoms with Crippen LogP contribution >= 0.6 is 0 Å². The Balaban J connectivity index is 2.28. The normalized spacial score (nSPS) is 23.8. The van der Waals surface area contributed by atoms with Crippen molar-refractivity contribution < 1.29 is 34.8 Å². The molecule has 0 amide bonds. The van der Waals surface area contributed by atoms with Gasteiger partial charge >= 0.3 is 5.97 Å². The van der Waals surface area contributed by atoms with Crippen molar-refractivity contribution in [1.29, 1.82) is 0 Å². The van der Waals surface area contributed by atoms with Gasteiger partial charge in [0.15, 0.2) is 0 Å². The van der Waals surface area contributed by atoms with Gasteiger partial charge in [0.2, 0.25) is 0 Å². The molecule has 0 saturated heterocycles. The number of carbonyl (C=O) groups is 2. The molecule has 0 aromatic heterocycles. The first-order valence-electron chi connectivity index (χ1n) is 11.4. The third-order valence-electron chi connectivity index (χ3n) is 5.70. The van der Waals surface area contributed by atoms with Crippen LogP contribution in [0.25, 0.3) is 0 Å². The van der Waals surface area contributed by atoms with Crippen molar-refractivity contribution in [3.05, 3.63) is 12.2 Å². The predicted molar refractivity (Wildman–Crippen MR) is 114 cm³/mol. The van der Waals surface area contributed by atoms with E-state index in [4.69, 9.17) is 14.9 Å². The fourth-order valence-corrected chi connectivity index (χ4v) is 3.86. The van der Waals surface area contributed by atoms with Crippen molar-refractivity contribution in [3.8, 4) is 0 Å². The molecule has 7 nitrogen and oxygen atoms in total. The highest BCUT2D eigenvalue weighted by atomic mass is 16.5. The molecule has 1 rings (SSSR count). The minimum Gasteiger partial charge on any atom is -0.463 e. The van der Waals surface area contributed by atoms with E-state index in [2.05, 4.69) is 6.92 Å². The van der Waals surface area contributed by atoms with Crippen molar-refractivity contribution in [3.63, 3.8) is 0 Å². The predicted octanol–water partition coefficient (Wildman–Crippen LogP) is 2.29. The largest absolute Gasteiger partial charge is 0.463 e. The number of ether oxygens (including phenoxy) is 1. The minimum atomic E-state index is -1.03. The molecular formula is C23H40O7. The lowest BCUT2D eigenvalue weighted by molar-refractivity contribution is -0.147. The summed E-state index contributed by atoms with van der Waals surface area (Å²) in [6.45, 7) is 1.49. The van der Waals surface area contributed by atoms with E-state index in [1.807, 2.05) is 0 Å². The molecule has 1 aliphatic carbocycles. The number of hydrogen-bond donors (Lipinski definition) is 4. The summed E-state index contributed by atoms with van der Waals surface area (Å²) in [7, 11) is 0. The first-order chi connectivity index (χ1) is 14.4. The second kappa shape index (κ2) is 15.5. The molecule has 0 aromatic carbocycles. The van der Waals surface area contributed by atoms with Crippen molar-refractivity contribution >= 4 is 11.8 Å². The number of ketones is 1. The second-order valence-corrected chi connectivity index (χ2v) is 8.35. The molecule has 0 bridgehead atoms. The fourth-order valence-electron chi connectivity index (χ4n) is 3.86. The summed E-state index contributed by atoms with van der Waals surface area (Å²) in [6, 6.07) is 0. The van der Waals surface area contributed by atoms with Crippen LogP contribution < -0.4 is 0 Å². The van der Waals surface area contributed by atoms with Crippen LogP contribution in [0.4, 0.5) is 0 Å². The SMILES string of the molecule is CCCCC[C@H](O)/C=C/[C@H]1C(=O)C[C@H](O)[C@@H]1CCCCCCC(=O)OC[C@@H](O)CO. The van der Waals surface area contributed by atoms with Gasteiger partial charge in [-0.3, -0.25) is 9.59 Å². The van der Waals surface area contributed by atoms with Gasteiger partial charge in [-0.05, 0) is 25.2 Å². The van der Waals surface area contributed by atoms with Gasteiger partial charge in [0, 0.05) is 18.8 Å². The third-order valence-corrected chi connectivity index (χ3v) is 5.70. The molecule has 1 saturated carbocycles. The standard InChI is InChI=1S/C23H40O7/c1-2-3-6-9-17(25)12-13-20-19(21(27)14-22(20)28)10-7-4-5-8-11-23(29)30-16-18(26)15-24/h12-13,17-21,24-27H,2-11,14-16H2,1H3/b13-12+/t17-,18-,19+,20+,21-/m0/s1. The Kier molecular flexibility index (Phi) is 13.8. The Labute approximate surface area is 180 Å². The number of allylic oxidation sites excluding steroid dienone is 1. The van der Waals surface area contributed by atoms with E-state index in [0.29, 0.717) is 12.8 Å². The minimum absolute atomic E-state index is 0.0392. The van der Waals surface area contributed by atoms with Crippen LogP contribution in [-0.2, 0) is 14.3 Å². The molecule has 0 aromatic rings. The molecule has 0 aliphatic heterocycles. The first kappa shape index (κ1) is 26.8. The van der Waals surface area contributed by atoms with Gasteiger partial charge in [0.05, 0.1) is 18.8 Å². The molecule has 174 valence electrons. The number of aliphatic hydroxyl groups is 4. The van der Waals surface area contributed by atoms with E-state index >= 15 is 0 Å². The number of unbranched alkanes of at least 4 members (excludes halogenated alkanes) is 5. The van der Waals surface area contributed by atoms with E-state index in [1.165, 1.54) is 0 Å². The Morgan fingerprint density at radius 2 is 1.90 bits per heavy atom. The Bertz CT molecular complexity index is 520. The van der Waals surface area contributed by atoms with Crippen molar-refractivity contribution in [2.45, 2.75) is 95.9 Å². The highest BCUT2D eigenvalue weighted by molar-refractivity contribution is 5.85. The van der Waals surface area contributed by atoms with E-state index in [0.717, 1.165) is 44.9 Å². The summed E-state index contributed by atoms with van der Waals surface area (Å²) in [5.41, 5.74) is 0. The van der Waals surface area contributed by atoms with Gasteiger partial charge in [-0.25, -0.2) is 0 Å². The number of Topliss-reactive ketones (excluding diaryl/α,β-unsaturated/α-hetero) is 1. The molecule has 0 unspecified atom stereocenters. The van der Waals surface area contributed by atoms with Crippen molar-refractivity contribution in [1.82, 2.24) is 0 Å². The lowest BCUT2D eigenvalue weighted by atomic mass is 9.88. The molecule has 7 heteroatoms. The molecule has 0 radical (unpaired) electrons. The number of hydrogen-bond acceptors (Lipinski definition) is 7. The molecule has 30 heavy (non-hydrogen) atoms. The number of esters is 1. The smallest absolute Gasteiger partial charge is 0.305 e. The summed E-state index contributed by atoms with van der Waals surface area (Å²) in [5.74, 6) is -0.783. The van der Waals surface area contributed by atoms with E-state index in [9.17, 15) is 19.8 Å². The average Bonchev–Trinajstić information content (AvgIpc) is 2.99. The van der Waals surface area contributed by atoms with Gasteiger partial charge in [-0.15, -0.1) is 0 Å². The van der Waals surface area contributed by atoms with Crippen LogP contribution in [0.2, 0.25) is 0 Å². The molecule has 1 fully saturated rings. The molecule has 1 aliphatic rings. The first-order valence-corrected chi connectivity index (χ1v) is 11.4. The fraction of sp³-hybridized carbons (Fsp3) is 0.826. The van der Waals surface area contributed by atoms with E-state index < -0.39 is 24.9 Å². The van der Waals surface area contributed by atoms with Crippen LogP contribution in [-0.4, -0.2) is 63.7 Å². The summed E-state index contributed by atoms with van der Waals surface area (Å²) in [4.78, 5) is 23.8. The van der Waals surface area contributed by atoms with Crippen molar-refractivity contribution in [2.75, 3.05) is 13.2 Å². The average molecular weight is 429 g/mol. The maximum absolute atomic E-state index is 12.2. The molecule has 5 atom stereocenters. The lowest BCUT2D eigenvalue weighted by Crippen LogP contribution is -2.21. The van der Waals surface area contributed by atoms with Crippen LogP contribution in [0.3, 0.4) is 0 Å². The zero-order chi connectivity index (χ0) is 22.4. The summed E-state index contributed by atoms with van der Waals surface area (Å²) in [5, 5.41) is 38.1. The van der Waals surface area contributed by atoms with E-state index in [-0.39, 0.29) is 43.0 Å². The van der Waals surface area contributed by atoms with Crippen LogP contribution in [0.15, 0.2) is 12.2 Å². The number of rotatable bonds is 16.